The van der Waals surface area contributed by atoms with Crippen LogP contribution in [0.25, 0.3) is 0 Å². The summed E-state index contributed by atoms with van der Waals surface area (Å²) in [5.41, 5.74) is 1.66. The van der Waals surface area contributed by atoms with Crippen molar-refractivity contribution in [2.75, 3.05) is 15.8 Å². The van der Waals surface area contributed by atoms with Crippen LogP contribution in [-0.4, -0.2) is 20.2 Å². The van der Waals surface area contributed by atoms with Crippen molar-refractivity contribution < 1.29 is 8.42 Å². The van der Waals surface area contributed by atoms with Crippen molar-refractivity contribution in [1.29, 1.82) is 0 Å². The molecule has 1 aromatic rings. The van der Waals surface area contributed by atoms with Gasteiger partial charge < -0.3 is 5.32 Å². The molecule has 0 saturated heterocycles. The van der Waals surface area contributed by atoms with Gasteiger partial charge in [0.05, 0.1) is 5.75 Å². The van der Waals surface area contributed by atoms with Crippen LogP contribution in [-0.2, 0) is 10.0 Å². The van der Waals surface area contributed by atoms with Crippen LogP contribution in [0, 0.1) is 5.92 Å². The number of sulfonamides is 1. The largest absolute Gasteiger partial charge is 0.382 e. The van der Waals surface area contributed by atoms with Crippen molar-refractivity contribution in [1.82, 2.24) is 0 Å². The summed E-state index contributed by atoms with van der Waals surface area (Å²) >= 11 is 0. The Bertz CT molecular complexity index is 519. The molecule has 1 aromatic carbocycles. The Morgan fingerprint density at radius 1 is 1.15 bits per heavy atom. The summed E-state index contributed by atoms with van der Waals surface area (Å²) in [5, 5.41) is 3.51. The third kappa shape index (κ3) is 4.13. The zero-order valence-corrected chi connectivity index (χ0v) is 13.0. The van der Waals surface area contributed by atoms with E-state index in [2.05, 4.69) is 17.0 Å². The minimum Gasteiger partial charge on any atom is -0.382 e. The van der Waals surface area contributed by atoms with Gasteiger partial charge in [-0.1, -0.05) is 12.8 Å². The molecule has 20 heavy (non-hydrogen) atoms. The second kappa shape index (κ2) is 6.48. The van der Waals surface area contributed by atoms with E-state index in [0.29, 0.717) is 11.7 Å². The number of benzene rings is 1. The lowest BCUT2D eigenvalue weighted by Gasteiger charge is -2.21. The molecule has 0 aliphatic heterocycles. The van der Waals surface area contributed by atoms with Gasteiger partial charge in [-0.25, -0.2) is 8.42 Å². The number of hydrogen-bond donors (Lipinski definition) is 2. The lowest BCUT2D eigenvalue weighted by atomic mass is 9.99. The third-order valence-electron chi connectivity index (χ3n) is 4.04. The Hall–Kier alpha value is -1.23. The van der Waals surface area contributed by atoms with Crippen LogP contribution in [0.1, 0.15) is 39.5 Å². The highest BCUT2D eigenvalue weighted by atomic mass is 32.2. The predicted molar refractivity (Wildman–Crippen MR) is 84.6 cm³/mol. The Balaban J connectivity index is 1.94. The molecule has 2 rings (SSSR count). The van der Waals surface area contributed by atoms with Gasteiger partial charge in [0.15, 0.2) is 0 Å². The van der Waals surface area contributed by atoms with Crippen LogP contribution in [0.3, 0.4) is 0 Å². The van der Waals surface area contributed by atoms with Gasteiger partial charge in [-0.3, -0.25) is 4.72 Å². The molecule has 0 bridgehead atoms. The van der Waals surface area contributed by atoms with Crippen LogP contribution in [0.2, 0.25) is 0 Å². The fourth-order valence-corrected chi connectivity index (χ4v) is 3.36. The van der Waals surface area contributed by atoms with Crippen LogP contribution in [0.15, 0.2) is 24.3 Å². The minimum absolute atomic E-state index is 0.0890. The summed E-state index contributed by atoms with van der Waals surface area (Å²) in [5.74, 6) is 0.847. The standard InChI is InChI=1S/C15H24N2O2S/c1-3-20(18,19)17-15-10-8-14(9-11-15)16-12(2)13-6-4-5-7-13/h8-13,16-17H,3-7H2,1-2H3. The third-order valence-corrected chi connectivity index (χ3v) is 5.35. The first-order chi connectivity index (χ1) is 9.50. The van der Waals surface area contributed by atoms with Crippen molar-refractivity contribution in [3.8, 4) is 0 Å². The van der Waals surface area contributed by atoms with E-state index in [-0.39, 0.29) is 5.75 Å². The molecule has 1 unspecified atom stereocenters. The van der Waals surface area contributed by atoms with E-state index in [4.69, 9.17) is 0 Å². The van der Waals surface area contributed by atoms with E-state index in [0.717, 1.165) is 11.6 Å². The first-order valence-electron chi connectivity index (χ1n) is 7.37. The summed E-state index contributed by atoms with van der Waals surface area (Å²) in [4.78, 5) is 0. The van der Waals surface area contributed by atoms with Crippen LogP contribution < -0.4 is 10.0 Å². The summed E-state index contributed by atoms with van der Waals surface area (Å²) in [6, 6.07) is 7.93. The monoisotopic (exact) mass is 296 g/mol. The quantitative estimate of drug-likeness (QED) is 0.845. The molecule has 1 saturated carbocycles. The van der Waals surface area contributed by atoms with Gasteiger partial charge in [0.2, 0.25) is 10.0 Å². The molecular weight excluding hydrogens is 272 g/mol. The average Bonchev–Trinajstić information content (AvgIpc) is 2.95. The lowest BCUT2D eigenvalue weighted by molar-refractivity contribution is 0.482. The molecular formula is C15H24N2O2S. The SMILES string of the molecule is CCS(=O)(=O)Nc1ccc(NC(C)C2CCCC2)cc1. The van der Waals surface area contributed by atoms with E-state index in [1.807, 2.05) is 12.1 Å². The smallest absolute Gasteiger partial charge is 0.232 e. The molecule has 1 aliphatic rings. The van der Waals surface area contributed by atoms with Crippen molar-refractivity contribution >= 4 is 21.4 Å². The van der Waals surface area contributed by atoms with E-state index in [9.17, 15) is 8.42 Å². The molecule has 0 radical (unpaired) electrons. The molecule has 0 amide bonds. The van der Waals surface area contributed by atoms with E-state index in [1.165, 1.54) is 25.7 Å². The Kier molecular flexibility index (Phi) is 4.91. The number of anilines is 2. The van der Waals surface area contributed by atoms with Gasteiger partial charge in [-0.15, -0.1) is 0 Å². The Labute approximate surface area is 122 Å². The zero-order chi connectivity index (χ0) is 14.6. The van der Waals surface area contributed by atoms with Crippen molar-refractivity contribution in [2.45, 2.75) is 45.6 Å². The molecule has 0 heterocycles. The topological polar surface area (TPSA) is 58.2 Å². The molecule has 0 spiro atoms. The van der Waals surface area contributed by atoms with Gasteiger partial charge in [0.1, 0.15) is 0 Å². The first kappa shape index (κ1) is 15.2. The van der Waals surface area contributed by atoms with Crippen LogP contribution >= 0.6 is 0 Å². The fraction of sp³-hybridized carbons (Fsp3) is 0.600. The Morgan fingerprint density at radius 3 is 2.25 bits per heavy atom. The molecule has 112 valence electrons. The zero-order valence-electron chi connectivity index (χ0n) is 12.2. The molecule has 1 fully saturated rings. The van der Waals surface area contributed by atoms with Gasteiger partial charge in [-0.2, -0.15) is 0 Å². The van der Waals surface area contributed by atoms with Crippen molar-refractivity contribution in [2.24, 2.45) is 5.92 Å². The van der Waals surface area contributed by atoms with Crippen LogP contribution in [0.5, 0.6) is 0 Å². The molecule has 1 atom stereocenters. The Morgan fingerprint density at radius 2 is 1.70 bits per heavy atom. The predicted octanol–water partition coefficient (Wildman–Crippen LogP) is 3.44. The summed E-state index contributed by atoms with van der Waals surface area (Å²) in [6.45, 7) is 3.85. The second-order valence-electron chi connectivity index (χ2n) is 5.56. The fourth-order valence-electron chi connectivity index (χ4n) is 2.72. The summed E-state index contributed by atoms with van der Waals surface area (Å²) < 4.78 is 25.5. The maximum absolute atomic E-state index is 11.5. The van der Waals surface area contributed by atoms with Gasteiger partial charge >= 0.3 is 0 Å². The van der Waals surface area contributed by atoms with Gasteiger partial charge in [0.25, 0.3) is 0 Å². The number of rotatable bonds is 6. The number of hydrogen-bond acceptors (Lipinski definition) is 3. The highest BCUT2D eigenvalue weighted by Gasteiger charge is 2.21. The summed E-state index contributed by atoms with van der Waals surface area (Å²) in [7, 11) is -3.19. The maximum Gasteiger partial charge on any atom is 0.232 e. The molecule has 1 aliphatic carbocycles. The van der Waals surface area contributed by atoms with E-state index < -0.39 is 10.0 Å². The van der Waals surface area contributed by atoms with Gasteiger partial charge in [-0.05, 0) is 56.9 Å². The molecule has 2 N–H and O–H groups in total. The van der Waals surface area contributed by atoms with E-state index in [1.54, 1.807) is 19.1 Å². The second-order valence-corrected chi connectivity index (χ2v) is 7.57. The lowest BCUT2D eigenvalue weighted by Crippen LogP contribution is -2.23. The highest BCUT2D eigenvalue weighted by molar-refractivity contribution is 7.92. The maximum atomic E-state index is 11.5. The van der Waals surface area contributed by atoms with Gasteiger partial charge in [0, 0.05) is 17.4 Å². The average molecular weight is 296 g/mol. The molecule has 4 nitrogen and oxygen atoms in total. The first-order valence-corrected chi connectivity index (χ1v) is 9.02. The van der Waals surface area contributed by atoms with Crippen molar-refractivity contribution in [3.05, 3.63) is 24.3 Å². The van der Waals surface area contributed by atoms with Crippen molar-refractivity contribution in [3.63, 3.8) is 0 Å². The summed E-state index contributed by atoms with van der Waals surface area (Å²) in [6.07, 6.45) is 5.30. The minimum atomic E-state index is -3.19. The molecule has 5 heteroatoms. The van der Waals surface area contributed by atoms with E-state index >= 15 is 0 Å². The highest BCUT2D eigenvalue weighted by Crippen LogP contribution is 2.29. The molecule has 0 aromatic heterocycles. The van der Waals surface area contributed by atoms with Crippen LogP contribution in [0.4, 0.5) is 11.4 Å². The normalized spacial score (nSPS) is 17.9. The number of nitrogens with one attached hydrogen (secondary N) is 2.